The smallest absolute Gasteiger partial charge is 0.264 e. The van der Waals surface area contributed by atoms with Gasteiger partial charge in [-0.25, -0.2) is 8.42 Å². The molecule has 0 aliphatic rings. The third-order valence-electron chi connectivity index (χ3n) is 4.26. The van der Waals surface area contributed by atoms with Crippen LogP contribution >= 0.6 is 11.6 Å². The molecule has 0 atom stereocenters. The number of carbonyl (C=O) groups excluding carboxylic acids is 1. The van der Waals surface area contributed by atoms with Crippen LogP contribution in [-0.4, -0.2) is 26.9 Å². The van der Waals surface area contributed by atoms with Crippen LogP contribution in [0.2, 0.25) is 5.02 Å². The first kappa shape index (κ1) is 20.3. The number of hydrogen-bond donors (Lipinski definition) is 1. The molecule has 0 aromatic heterocycles. The minimum atomic E-state index is -3.82. The van der Waals surface area contributed by atoms with E-state index in [1.54, 1.807) is 36.4 Å². The van der Waals surface area contributed by atoms with E-state index in [0.717, 1.165) is 10.7 Å². The van der Waals surface area contributed by atoms with Gasteiger partial charge in [0.2, 0.25) is 0 Å². The van der Waals surface area contributed by atoms with E-state index in [9.17, 15) is 13.2 Å². The quantitative estimate of drug-likeness (QED) is 0.802. The van der Waals surface area contributed by atoms with Gasteiger partial charge < -0.3 is 5.32 Å². The van der Waals surface area contributed by atoms with Crippen LogP contribution in [0.1, 0.15) is 37.6 Å². The van der Waals surface area contributed by atoms with Crippen LogP contribution in [0.3, 0.4) is 0 Å². The monoisotopic (exact) mass is 394 g/mol. The third kappa shape index (κ3) is 4.56. The first-order valence-corrected chi connectivity index (χ1v) is 10.1. The van der Waals surface area contributed by atoms with E-state index < -0.39 is 10.0 Å². The molecule has 0 spiro atoms. The summed E-state index contributed by atoms with van der Waals surface area (Å²) in [4.78, 5) is 12.5. The number of carbonyl (C=O) groups is 1. The summed E-state index contributed by atoms with van der Waals surface area (Å²) in [5, 5.41) is 3.35. The highest BCUT2D eigenvalue weighted by Crippen LogP contribution is 2.25. The maximum absolute atomic E-state index is 12.9. The fourth-order valence-electron chi connectivity index (χ4n) is 2.23. The Morgan fingerprint density at radius 1 is 1.15 bits per heavy atom. The lowest BCUT2D eigenvalue weighted by atomic mass is 10.0. The zero-order valence-corrected chi connectivity index (χ0v) is 16.9. The number of sulfonamides is 1. The predicted octanol–water partition coefficient (Wildman–Crippen LogP) is 4.08. The topological polar surface area (TPSA) is 66.5 Å². The number of nitrogens with one attached hydrogen (secondary N) is 1. The molecular weight excluding hydrogens is 372 g/mol. The fourth-order valence-corrected chi connectivity index (χ4v) is 3.65. The molecule has 0 aliphatic carbocycles. The van der Waals surface area contributed by atoms with Gasteiger partial charge in [0.15, 0.2) is 0 Å². The molecule has 2 rings (SSSR count). The summed E-state index contributed by atoms with van der Waals surface area (Å²) in [6, 6.07) is 12.6. The standard InChI is InChI=1S/C19H23ClN2O3S/c1-5-19(2,3)21-18(23)14-8-6-11-17(12-14)26(24,25)22(4)16-10-7-9-15(20)13-16/h6-13H,5H2,1-4H3,(H,21,23). The molecule has 0 saturated carbocycles. The van der Waals surface area contributed by atoms with Crippen molar-refractivity contribution in [3.05, 3.63) is 59.1 Å². The molecule has 0 bridgehead atoms. The van der Waals surface area contributed by atoms with Gasteiger partial charge in [-0.3, -0.25) is 9.10 Å². The lowest BCUT2D eigenvalue weighted by Crippen LogP contribution is -2.42. The van der Waals surface area contributed by atoms with Gasteiger partial charge in [-0.05, 0) is 56.7 Å². The molecule has 0 unspecified atom stereocenters. The number of rotatable bonds is 6. The van der Waals surface area contributed by atoms with Crippen molar-refractivity contribution in [2.75, 3.05) is 11.4 Å². The van der Waals surface area contributed by atoms with Crippen LogP contribution in [-0.2, 0) is 10.0 Å². The minimum absolute atomic E-state index is 0.0435. The maximum atomic E-state index is 12.9. The Hall–Kier alpha value is -2.05. The first-order valence-electron chi connectivity index (χ1n) is 8.24. The lowest BCUT2D eigenvalue weighted by molar-refractivity contribution is 0.0911. The van der Waals surface area contributed by atoms with Gasteiger partial charge in [0.1, 0.15) is 0 Å². The third-order valence-corrected chi connectivity index (χ3v) is 6.28. The second-order valence-electron chi connectivity index (χ2n) is 6.67. The van der Waals surface area contributed by atoms with Crippen LogP contribution in [0.25, 0.3) is 0 Å². The zero-order chi connectivity index (χ0) is 19.5. The molecule has 0 saturated heterocycles. The summed E-state index contributed by atoms with van der Waals surface area (Å²) in [5.74, 6) is -0.306. The van der Waals surface area contributed by atoms with Crippen molar-refractivity contribution in [1.82, 2.24) is 5.32 Å². The molecule has 2 aromatic carbocycles. The Bertz CT molecular complexity index is 911. The Morgan fingerprint density at radius 2 is 1.81 bits per heavy atom. The molecule has 7 heteroatoms. The fraction of sp³-hybridized carbons (Fsp3) is 0.316. The van der Waals surface area contributed by atoms with Crippen molar-refractivity contribution >= 4 is 33.2 Å². The first-order chi connectivity index (χ1) is 12.1. The average Bonchev–Trinajstić information content (AvgIpc) is 2.60. The second-order valence-corrected chi connectivity index (χ2v) is 9.08. The SMILES string of the molecule is CCC(C)(C)NC(=O)c1cccc(S(=O)(=O)N(C)c2cccc(Cl)c2)c1. The van der Waals surface area contributed by atoms with E-state index in [2.05, 4.69) is 5.32 Å². The van der Waals surface area contributed by atoms with Crippen LogP contribution in [0.4, 0.5) is 5.69 Å². The average molecular weight is 395 g/mol. The lowest BCUT2D eigenvalue weighted by Gasteiger charge is -2.24. The highest BCUT2D eigenvalue weighted by molar-refractivity contribution is 7.92. The molecule has 5 nitrogen and oxygen atoms in total. The normalized spacial score (nSPS) is 11.9. The highest BCUT2D eigenvalue weighted by atomic mass is 35.5. The maximum Gasteiger partial charge on any atom is 0.264 e. The molecule has 0 aliphatic heterocycles. The molecule has 140 valence electrons. The van der Waals surface area contributed by atoms with Crippen LogP contribution in [0.5, 0.6) is 0 Å². The van der Waals surface area contributed by atoms with Gasteiger partial charge in [0.25, 0.3) is 15.9 Å². The molecule has 1 amide bonds. The Balaban J connectivity index is 2.35. The van der Waals surface area contributed by atoms with E-state index >= 15 is 0 Å². The molecular formula is C19H23ClN2O3S. The van der Waals surface area contributed by atoms with Crippen molar-refractivity contribution in [2.45, 2.75) is 37.6 Å². The van der Waals surface area contributed by atoms with Crippen molar-refractivity contribution in [2.24, 2.45) is 0 Å². The number of halogens is 1. The van der Waals surface area contributed by atoms with Crippen molar-refractivity contribution < 1.29 is 13.2 Å². The number of benzene rings is 2. The van der Waals surface area contributed by atoms with Crippen LogP contribution < -0.4 is 9.62 Å². The van der Waals surface area contributed by atoms with Gasteiger partial charge in [0.05, 0.1) is 10.6 Å². The minimum Gasteiger partial charge on any atom is -0.347 e. The molecule has 0 fully saturated rings. The molecule has 0 heterocycles. The Labute approximate surface area is 160 Å². The predicted molar refractivity (Wildman–Crippen MR) is 105 cm³/mol. The number of hydrogen-bond acceptors (Lipinski definition) is 3. The van der Waals surface area contributed by atoms with Gasteiger partial charge in [0, 0.05) is 23.2 Å². The zero-order valence-electron chi connectivity index (χ0n) is 15.3. The van der Waals surface area contributed by atoms with E-state index in [1.807, 2.05) is 20.8 Å². The van der Waals surface area contributed by atoms with E-state index in [-0.39, 0.29) is 16.3 Å². The summed E-state index contributed by atoms with van der Waals surface area (Å²) in [6.45, 7) is 5.80. The molecule has 26 heavy (non-hydrogen) atoms. The van der Waals surface area contributed by atoms with Gasteiger partial charge in [-0.2, -0.15) is 0 Å². The van der Waals surface area contributed by atoms with Gasteiger partial charge in [-0.1, -0.05) is 30.7 Å². The molecule has 1 N–H and O–H groups in total. The Morgan fingerprint density at radius 3 is 2.42 bits per heavy atom. The largest absolute Gasteiger partial charge is 0.347 e. The summed E-state index contributed by atoms with van der Waals surface area (Å²) in [5.41, 5.74) is 0.371. The number of nitrogens with zero attached hydrogens (tertiary/aromatic N) is 1. The van der Waals surface area contributed by atoms with Crippen molar-refractivity contribution in [1.29, 1.82) is 0 Å². The second kappa shape index (κ2) is 7.68. The Kier molecular flexibility index (Phi) is 5.98. The van der Waals surface area contributed by atoms with Crippen LogP contribution in [0, 0.1) is 0 Å². The van der Waals surface area contributed by atoms with Crippen molar-refractivity contribution in [3.63, 3.8) is 0 Å². The van der Waals surface area contributed by atoms with Gasteiger partial charge in [-0.15, -0.1) is 0 Å². The van der Waals surface area contributed by atoms with E-state index in [1.165, 1.54) is 19.2 Å². The van der Waals surface area contributed by atoms with Crippen molar-refractivity contribution in [3.8, 4) is 0 Å². The molecule has 0 radical (unpaired) electrons. The summed E-state index contributed by atoms with van der Waals surface area (Å²) in [7, 11) is -2.37. The number of amides is 1. The summed E-state index contributed by atoms with van der Waals surface area (Å²) < 4.78 is 27.0. The summed E-state index contributed by atoms with van der Waals surface area (Å²) >= 11 is 5.95. The highest BCUT2D eigenvalue weighted by Gasteiger charge is 2.24. The van der Waals surface area contributed by atoms with Gasteiger partial charge >= 0.3 is 0 Å². The van der Waals surface area contributed by atoms with Crippen LogP contribution in [0.15, 0.2) is 53.4 Å². The summed E-state index contributed by atoms with van der Waals surface area (Å²) in [6.07, 6.45) is 0.758. The van der Waals surface area contributed by atoms with E-state index in [0.29, 0.717) is 16.3 Å². The van der Waals surface area contributed by atoms with E-state index in [4.69, 9.17) is 11.6 Å². The number of anilines is 1. The molecule has 2 aromatic rings.